The lowest BCUT2D eigenvalue weighted by atomic mass is 9.98. The van der Waals surface area contributed by atoms with Crippen molar-refractivity contribution in [3.05, 3.63) is 0 Å². The molecule has 15 heavy (non-hydrogen) atoms. The minimum Gasteiger partial charge on any atom is -0.455 e. The zero-order valence-electron chi connectivity index (χ0n) is 9.80. The highest BCUT2D eigenvalue weighted by Gasteiger charge is 2.49. The summed E-state index contributed by atoms with van der Waals surface area (Å²) in [6, 6.07) is -1.52. The Hall–Kier alpha value is -0.710. The van der Waals surface area contributed by atoms with E-state index in [1.807, 2.05) is 0 Å². The van der Waals surface area contributed by atoms with Gasteiger partial charge < -0.3 is 10.5 Å². The Morgan fingerprint density at radius 2 is 1.67 bits per heavy atom. The summed E-state index contributed by atoms with van der Waals surface area (Å²) in [4.78, 5) is 11.2. The largest absolute Gasteiger partial charge is 0.455 e. The molecule has 0 aliphatic carbocycles. The van der Waals surface area contributed by atoms with Crippen molar-refractivity contribution in [1.82, 2.24) is 0 Å². The summed E-state index contributed by atoms with van der Waals surface area (Å²) >= 11 is 0. The van der Waals surface area contributed by atoms with E-state index in [1.165, 1.54) is 34.6 Å². The molecule has 0 saturated carbocycles. The van der Waals surface area contributed by atoms with E-state index < -0.39 is 29.5 Å². The average Bonchev–Trinajstić information content (AvgIpc) is 1.99. The van der Waals surface area contributed by atoms with Gasteiger partial charge in [0.15, 0.2) is 0 Å². The predicted octanol–water partition coefficient (Wildman–Crippen LogP) is 1.95. The number of ether oxygens (including phenoxy) is 1. The molecule has 0 rings (SSSR count). The van der Waals surface area contributed by atoms with Gasteiger partial charge in [0.05, 0.1) is 6.04 Å². The molecule has 0 amide bonds. The molecule has 0 spiro atoms. The number of carbonyl (C=O) groups is 1. The summed E-state index contributed by atoms with van der Waals surface area (Å²) in [5.41, 5.74) is 4.33. The van der Waals surface area contributed by atoms with E-state index in [4.69, 9.17) is 5.73 Å². The molecule has 0 heterocycles. The third-order valence-electron chi connectivity index (χ3n) is 1.81. The van der Waals surface area contributed by atoms with E-state index in [9.17, 15) is 13.6 Å². The van der Waals surface area contributed by atoms with Crippen molar-refractivity contribution in [3.8, 4) is 0 Å². The van der Waals surface area contributed by atoms with Crippen molar-refractivity contribution in [1.29, 1.82) is 0 Å². The summed E-state index contributed by atoms with van der Waals surface area (Å²) in [7, 11) is 0. The monoisotopic (exact) mass is 223 g/mol. The number of carbonyl (C=O) groups excluding carboxylic acids is 1. The van der Waals surface area contributed by atoms with Crippen LogP contribution in [0.1, 0.15) is 34.6 Å². The SMILES string of the molecule is CC(C)C(N)C(F)(F)C(=O)OC(C)(C)C. The van der Waals surface area contributed by atoms with Crippen LogP contribution in [0.4, 0.5) is 8.78 Å². The first-order chi connectivity index (χ1) is 6.48. The molecule has 0 saturated heterocycles. The van der Waals surface area contributed by atoms with Crippen LogP contribution in [0, 0.1) is 5.92 Å². The summed E-state index contributed by atoms with van der Waals surface area (Å²) in [6.07, 6.45) is 0. The number of hydrogen-bond donors (Lipinski definition) is 1. The summed E-state index contributed by atoms with van der Waals surface area (Å²) < 4.78 is 31.4. The number of alkyl halides is 2. The standard InChI is InChI=1S/C10H19F2NO2/c1-6(2)7(13)10(11,12)8(14)15-9(3,4)5/h6-7H,13H2,1-5H3. The molecule has 3 nitrogen and oxygen atoms in total. The highest BCUT2D eigenvalue weighted by molar-refractivity contribution is 5.79. The summed E-state index contributed by atoms with van der Waals surface area (Å²) in [6.45, 7) is 7.65. The lowest BCUT2D eigenvalue weighted by Gasteiger charge is -2.28. The molecule has 0 aromatic heterocycles. The van der Waals surface area contributed by atoms with Gasteiger partial charge in [-0.1, -0.05) is 13.8 Å². The highest BCUT2D eigenvalue weighted by atomic mass is 19.3. The van der Waals surface area contributed by atoms with Gasteiger partial charge in [0.1, 0.15) is 5.60 Å². The third-order valence-corrected chi connectivity index (χ3v) is 1.81. The van der Waals surface area contributed by atoms with Crippen LogP contribution in [0.15, 0.2) is 0 Å². The molecule has 0 radical (unpaired) electrons. The van der Waals surface area contributed by atoms with Crippen LogP contribution in [-0.4, -0.2) is 23.5 Å². The molecule has 0 fully saturated rings. The zero-order valence-corrected chi connectivity index (χ0v) is 9.80. The van der Waals surface area contributed by atoms with Crippen LogP contribution in [0.3, 0.4) is 0 Å². The minimum absolute atomic E-state index is 0.493. The Kier molecular flexibility index (Phi) is 4.22. The molecule has 0 aliphatic rings. The quantitative estimate of drug-likeness (QED) is 0.744. The van der Waals surface area contributed by atoms with Gasteiger partial charge >= 0.3 is 11.9 Å². The fraction of sp³-hybridized carbons (Fsp3) is 0.900. The third kappa shape index (κ3) is 4.11. The van der Waals surface area contributed by atoms with Crippen LogP contribution in [-0.2, 0) is 9.53 Å². The first-order valence-corrected chi connectivity index (χ1v) is 4.85. The predicted molar refractivity (Wildman–Crippen MR) is 53.6 cm³/mol. The van der Waals surface area contributed by atoms with E-state index in [0.29, 0.717) is 0 Å². The Labute approximate surface area is 89.0 Å². The van der Waals surface area contributed by atoms with Gasteiger partial charge in [-0.2, -0.15) is 8.78 Å². The Bertz CT molecular complexity index is 234. The van der Waals surface area contributed by atoms with Gasteiger partial charge in [-0.25, -0.2) is 4.79 Å². The molecule has 2 N–H and O–H groups in total. The number of rotatable bonds is 3. The van der Waals surface area contributed by atoms with Gasteiger partial charge in [-0.3, -0.25) is 0 Å². The molecule has 90 valence electrons. The van der Waals surface area contributed by atoms with Crippen molar-refractivity contribution < 1.29 is 18.3 Å². The molecule has 0 aromatic carbocycles. The smallest absolute Gasteiger partial charge is 0.379 e. The van der Waals surface area contributed by atoms with E-state index in [2.05, 4.69) is 4.74 Å². The Morgan fingerprint density at radius 1 is 1.27 bits per heavy atom. The van der Waals surface area contributed by atoms with Crippen molar-refractivity contribution in [2.75, 3.05) is 0 Å². The molecule has 1 atom stereocenters. The van der Waals surface area contributed by atoms with Gasteiger partial charge in [-0.15, -0.1) is 0 Å². The summed E-state index contributed by atoms with van der Waals surface area (Å²) in [5, 5.41) is 0. The van der Waals surface area contributed by atoms with Gasteiger partial charge in [0.25, 0.3) is 0 Å². The van der Waals surface area contributed by atoms with Gasteiger partial charge in [-0.05, 0) is 26.7 Å². The lowest BCUT2D eigenvalue weighted by Crippen LogP contribution is -2.52. The maximum absolute atomic E-state index is 13.4. The van der Waals surface area contributed by atoms with E-state index in [0.717, 1.165) is 0 Å². The highest BCUT2D eigenvalue weighted by Crippen LogP contribution is 2.26. The van der Waals surface area contributed by atoms with Crippen molar-refractivity contribution in [2.24, 2.45) is 11.7 Å². The Morgan fingerprint density at radius 3 is 1.93 bits per heavy atom. The Balaban J connectivity index is 4.66. The van der Waals surface area contributed by atoms with Crippen LogP contribution in [0.2, 0.25) is 0 Å². The van der Waals surface area contributed by atoms with Gasteiger partial charge in [0, 0.05) is 0 Å². The maximum atomic E-state index is 13.4. The second kappa shape index (κ2) is 4.43. The van der Waals surface area contributed by atoms with E-state index in [1.54, 1.807) is 0 Å². The second-order valence-corrected chi connectivity index (χ2v) is 4.89. The van der Waals surface area contributed by atoms with Crippen LogP contribution in [0.25, 0.3) is 0 Å². The molecular formula is C10H19F2NO2. The first-order valence-electron chi connectivity index (χ1n) is 4.85. The molecule has 0 aliphatic heterocycles. The maximum Gasteiger partial charge on any atom is 0.379 e. The van der Waals surface area contributed by atoms with E-state index in [-0.39, 0.29) is 0 Å². The average molecular weight is 223 g/mol. The lowest BCUT2D eigenvalue weighted by molar-refractivity contribution is -0.188. The van der Waals surface area contributed by atoms with Crippen molar-refractivity contribution >= 4 is 5.97 Å². The van der Waals surface area contributed by atoms with Crippen molar-refractivity contribution in [2.45, 2.75) is 52.2 Å². The number of nitrogens with two attached hydrogens (primary N) is 1. The fourth-order valence-corrected chi connectivity index (χ4v) is 0.901. The molecule has 1 unspecified atom stereocenters. The second-order valence-electron chi connectivity index (χ2n) is 4.89. The normalized spacial score (nSPS) is 15.3. The molecule has 5 heteroatoms. The topological polar surface area (TPSA) is 52.3 Å². The number of esters is 1. The number of hydrogen-bond acceptors (Lipinski definition) is 3. The van der Waals surface area contributed by atoms with Crippen LogP contribution < -0.4 is 5.73 Å². The van der Waals surface area contributed by atoms with Crippen molar-refractivity contribution in [3.63, 3.8) is 0 Å². The molecule has 0 aromatic rings. The molecule has 0 bridgehead atoms. The van der Waals surface area contributed by atoms with E-state index >= 15 is 0 Å². The molecular weight excluding hydrogens is 204 g/mol. The number of halogens is 2. The minimum atomic E-state index is -3.64. The first kappa shape index (κ1) is 14.3. The zero-order chi connectivity index (χ0) is 12.4. The fourth-order valence-electron chi connectivity index (χ4n) is 0.901. The van der Waals surface area contributed by atoms with Crippen LogP contribution in [0.5, 0.6) is 0 Å². The van der Waals surface area contributed by atoms with Crippen LogP contribution >= 0.6 is 0 Å². The van der Waals surface area contributed by atoms with Gasteiger partial charge in [0.2, 0.25) is 0 Å². The summed E-state index contributed by atoms with van der Waals surface area (Å²) in [5.74, 6) is -5.69.